The molecule has 0 radical (unpaired) electrons. The van der Waals surface area contributed by atoms with E-state index in [9.17, 15) is 4.79 Å². The molecule has 0 bridgehead atoms. The van der Waals surface area contributed by atoms with Crippen molar-refractivity contribution in [3.63, 3.8) is 0 Å². The number of carboxylic acids is 1. The van der Waals surface area contributed by atoms with Crippen LogP contribution in [-0.4, -0.2) is 49.5 Å². The lowest BCUT2D eigenvalue weighted by atomic mass is 10.3. The molecule has 7 heteroatoms. The molecule has 1 unspecified atom stereocenters. The summed E-state index contributed by atoms with van der Waals surface area (Å²) in [5.74, 6) is -0.879. The Morgan fingerprint density at radius 1 is 1.65 bits per heavy atom. The van der Waals surface area contributed by atoms with Gasteiger partial charge in [-0.3, -0.25) is 4.79 Å². The fourth-order valence-electron chi connectivity index (χ4n) is 1.22. The van der Waals surface area contributed by atoms with E-state index in [-0.39, 0.29) is 12.5 Å². The van der Waals surface area contributed by atoms with Gasteiger partial charge in [-0.05, 0) is 0 Å². The van der Waals surface area contributed by atoms with Crippen molar-refractivity contribution in [3.8, 4) is 0 Å². The number of anilines is 1. The molecular weight excluding hydrogens is 244 g/mol. The molecule has 1 aromatic heterocycles. The zero-order valence-corrected chi connectivity index (χ0v) is 10.6. The maximum atomic E-state index is 10.5. The lowest BCUT2D eigenvalue weighted by molar-refractivity contribution is -0.136. The van der Waals surface area contributed by atoms with Crippen LogP contribution in [0, 0.1) is 0 Å². The van der Waals surface area contributed by atoms with Crippen molar-refractivity contribution < 1.29 is 19.4 Å². The van der Waals surface area contributed by atoms with Gasteiger partial charge in [-0.2, -0.15) is 0 Å². The number of ether oxygens (including phenoxy) is 2. The van der Waals surface area contributed by atoms with Crippen molar-refractivity contribution in [1.82, 2.24) is 4.98 Å². The number of hydrogen-bond acceptors (Lipinski definition) is 6. The zero-order valence-electron chi connectivity index (χ0n) is 9.80. The molecule has 0 fully saturated rings. The minimum atomic E-state index is -0.879. The first kappa shape index (κ1) is 13.9. The molecule has 0 aliphatic rings. The first-order valence-electron chi connectivity index (χ1n) is 5.07. The highest BCUT2D eigenvalue weighted by Gasteiger charge is 2.09. The Bertz CT molecular complexity index is 356. The monoisotopic (exact) mass is 260 g/mol. The summed E-state index contributed by atoms with van der Waals surface area (Å²) < 4.78 is 10.2. The number of methoxy groups -OCH3 is 2. The Morgan fingerprint density at radius 2 is 2.41 bits per heavy atom. The van der Waals surface area contributed by atoms with E-state index in [1.807, 2.05) is 0 Å². The smallest absolute Gasteiger partial charge is 0.309 e. The Balaban J connectivity index is 2.40. The second-order valence-electron chi connectivity index (χ2n) is 3.41. The Kier molecular flexibility index (Phi) is 5.88. The van der Waals surface area contributed by atoms with Crippen LogP contribution < -0.4 is 5.32 Å². The van der Waals surface area contributed by atoms with Crippen LogP contribution in [0.15, 0.2) is 5.38 Å². The van der Waals surface area contributed by atoms with E-state index in [1.54, 1.807) is 19.6 Å². The number of aromatic nitrogens is 1. The van der Waals surface area contributed by atoms with Crippen molar-refractivity contribution >= 4 is 22.4 Å². The van der Waals surface area contributed by atoms with Gasteiger partial charge in [0.15, 0.2) is 5.13 Å². The molecular formula is C10H16N2O4S. The highest BCUT2D eigenvalue weighted by Crippen LogP contribution is 2.15. The van der Waals surface area contributed by atoms with Gasteiger partial charge in [0.2, 0.25) is 0 Å². The SMILES string of the molecule is COCC(CNc1nc(CC(=O)O)cs1)OC. The molecule has 0 saturated heterocycles. The standard InChI is InChI=1S/C10H16N2O4S/c1-15-5-8(16-2)4-11-10-12-7(6-17-10)3-9(13)14/h6,8H,3-5H2,1-2H3,(H,11,12)(H,13,14). The van der Waals surface area contributed by atoms with E-state index in [0.717, 1.165) is 0 Å². The highest BCUT2D eigenvalue weighted by atomic mass is 32.1. The molecule has 96 valence electrons. The van der Waals surface area contributed by atoms with Crippen LogP contribution in [0.1, 0.15) is 5.69 Å². The van der Waals surface area contributed by atoms with E-state index in [4.69, 9.17) is 14.6 Å². The van der Waals surface area contributed by atoms with Crippen LogP contribution in [0.3, 0.4) is 0 Å². The quantitative estimate of drug-likeness (QED) is 0.721. The number of carboxylic acid groups (broad SMARTS) is 1. The maximum Gasteiger partial charge on any atom is 0.309 e. The van der Waals surface area contributed by atoms with Crippen LogP contribution >= 0.6 is 11.3 Å². The summed E-state index contributed by atoms with van der Waals surface area (Å²) in [7, 11) is 3.23. The van der Waals surface area contributed by atoms with Crippen molar-refractivity contribution in [2.24, 2.45) is 0 Å². The number of rotatable bonds is 8. The molecule has 6 nitrogen and oxygen atoms in total. The summed E-state index contributed by atoms with van der Waals surface area (Å²) >= 11 is 1.38. The van der Waals surface area contributed by atoms with Gasteiger partial charge in [0.1, 0.15) is 0 Å². The van der Waals surface area contributed by atoms with E-state index < -0.39 is 5.97 Å². The second-order valence-corrected chi connectivity index (χ2v) is 4.27. The number of nitrogens with one attached hydrogen (secondary N) is 1. The molecule has 0 saturated carbocycles. The normalized spacial score (nSPS) is 12.4. The van der Waals surface area contributed by atoms with Gasteiger partial charge in [0.25, 0.3) is 0 Å². The van der Waals surface area contributed by atoms with Gasteiger partial charge in [0.05, 0.1) is 24.8 Å². The van der Waals surface area contributed by atoms with Gasteiger partial charge in [-0.1, -0.05) is 0 Å². The van der Waals surface area contributed by atoms with Crippen LogP contribution in [0.25, 0.3) is 0 Å². The summed E-state index contributed by atoms with van der Waals surface area (Å²) in [5, 5.41) is 14.1. The summed E-state index contributed by atoms with van der Waals surface area (Å²) in [5.41, 5.74) is 0.561. The minimum absolute atomic E-state index is 0.0492. The zero-order chi connectivity index (χ0) is 12.7. The topological polar surface area (TPSA) is 80.7 Å². The summed E-state index contributed by atoms with van der Waals surface area (Å²) in [6, 6.07) is 0. The third kappa shape index (κ3) is 5.12. The summed E-state index contributed by atoms with van der Waals surface area (Å²) in [4.78, 5) is 14.6. The average Bonchev–Trinajstić information content (AvgIpc) is 2.71. The van der Waals surface area contributed by atoms with Crippen LogP contribution in [0.2, 0.25) is 0 Å². The predicted octanol–water partition coefficient (Wildman–Crippen LogP) is 0.843. The highest BCUT2D eigenvalue weighted by molar-refractivity contribution is 7.13. The Hall–Kier alpha value is -1.18. The first-order chi connectivity index (χ1) is 8.15. The van der Waals surface area contributed by atoms with Crippen molar-refractivity contribution in [2.75, 3.05) is 32.7 Å². The number of carbonyl (C=O) groups is 1. The summed E-state index contributed by atoms with van der Waals surface area (Å²) in [6.07, 6.45) is -0.101. The predicted molar refractivity (Wildman–Crippen MR) is 64.6 cm³/mol. The fourth-order valence-corrected chi connectivity index (χ4v) is 1.94. The number of nitrogens with zero attached hydrogens (tertiary/aromatic N) is 1. The molecule has 0 aliphatic heterocycles. The van der Waals surface area contributed by atoms with Crippen molar-refractivity contribution in [1.29, 1.82) is 0 Å². The molecule has 0 amide bonds. The van der Waals surface area contributed by atoms with Crippen LogP contribution in [0.5, 0.6) is 0 Å². The molecule has 0 aromatic carbocycles. The molecule has 0 spiro atoms. The lowest BCUT2D eigenvalue weighted by Crippen LogP contribution is -2.26. The largest absolute Gasteiger partial charge is 0.481 e. The number of hydrogen-bond donors (Lipinski definition) is 2. The van der Waals surface area contributed by atoms with E-state index in [1.165, 1.54) is 11.3 Å². The van der Waals surface area contributed by atoms with Crippen molar-refractivity contribution in [3.05, 3.63) is 11.1 Å². The Labute approximate surface area is 104 Å². The van der Waals surface area contributed by atoms with Gasteiger partial charge < -0.3 is 19.9 Å². The van der Waals surface area contributed by atoms with Gasteiger partial charge in [-0.25, -0.2) is 4.98 Å². The minimum Gasteiger partial charge on any atom is -0.481 e. The average molecular weight is 260 g/mol. The second kappa shape index (κ2) is 7.21. The summed E-state index contributed by atoms with van der Waals surface area (Å²) in [6.45, 7) is 1.07. The lowest BCUT2D eigenvalue weighted by Gasteiger charge is -2.14. The molecule has 0 aliphatic carbocycles. The van der Waals surface area contributed by atoms with Crippen LogP contribution in [0.4, 0.5) is 5.13 Å². The molecule has 1 aromatic rings. The number of aliphatic carboxylic acids is 1. The molecule has 2 N–H and O–H groups in total. The van der Waals surface area contributed by atoms with Crippen LogP contribution in [-0.2, 0) is 20.7 Å². The first-order valence-corrected chi connectivity index (χ1v) is 5.95. The molecule has 1 heterocycles. The van der Waals surface area contributed by atoms with E-state index in [2.05, 4.69) is 10.3 Å². The molecule has 1 atom stereocenters. The Morgan fingerprint density at radius 3 is 3.00 bits per heavy atom. The third-order valence-corrected chi connectivity index (χ3v) is 2.90. The molecule has 17 heavy (non-hydrogen) atoms. The van der Waals surface area contributed by atoms with Gasteiger partial charge >= 0.3 is 5.97 Å². The fraction of sp³-hybridized carbons (Fsp3) is 0.600. The third-order valence-electron chi connectivity index (χ3n) is 2.05. The molecule has 1 rings (SSSR count). The van der Waals surface area contributed by atoms with Gasteiger partial charge in [0, 0.05) is 26.1 Å². The van der Waals surface area contributed by atoms with Crippen molar-refractivity contribution in [2.45, 2.75) is 12.5 Å². The van der Waals surface area contributed by atoms with E-state index >= 15 is 0 Å². The van der Waals surface area contributed by atoms with Gasteiger partial charge in [-0.15, -0.1) is 11.3 Å². The maximum absolute atomic E-state index is 10.5. The number of thiazole rings is 1. The van der Waals surface area contributed by atoms with E-state index in [0.29, 0.717) is 24.0 Å².